The lowest BCUT2D eigenvalue weighted by Crippen LogP contribution is -2.41. The summed E-state index contributed by atoms with van der Waals surface area (Å²) in [4.78, 5) is 30.8. The number of aromatic nitrogens is 1. The molecule has 2 aliphatic rings. The van der Waals surface area contributed by atoms with Gasteiger partial charge < -0.3 is 15.4 Å². The summed E-state index contributed by atoms with van der Waals surface area (Å²) in [5.41, 5.74) is 0.441. The Bertz CT molecular complexity index is 792. The van der Waals surface area contributed by atoms with E-state index in [0.717, 1.165) is 19.6 Å². The van der Waals surface area contributed by atoms with Gasteiger partial charge in [0, 0.05) is 44.0 Å². The number of carbonyl (C=O) groups excluding carboxylic acids is 2. The molecular weight excluding hydrogens is 372 g/mol. The van der Waals surface area contributed by atoms with Crippen molar-refractivity contribution >= 4 is 21.7 Å². The van der Waals surface area contributed by atoms with Crippen LogP contribution >= 0.6 is 0 Å². The minimum atomic E-state index is -3.07. The van der Waals surface area contributed by atoms with Gasteiger partial charge in [-0.25, -0.2) is 8.42 Å². The van der Waals surface area contributed by atoms with Crippen molar-refractivity contribution in [1.29, 1.82) is 0 Å². The molecule has 3 rings (SSSR count). The highest BCUT2D eigenvalue weighted by molar-refractivity contribution is 7.91. The molecule has 10 heteroatoms. The Morgan fingerprint density at radius 2 is 2.04 bits per heavy atom. The van der Waals surface area contributed by atoms with Gasteiger partial charge in [0.05, 0.1) is 24.7 Å². The van der Waals surface area contributed by atoms with Crippen LogP contribution in [-0.2, 0) is 14.6 Å². The average molecular weight is 396 g/mol. The lowest BCUT2D eigenvalue weighted by Gasteiger charge is -2.26. The summed E-state index contributed by atoms with van der Waals surface area (Å²) in [6.45, 7) is 4.31. The van der Waals surface area contributed by atoms with Crippen LogP contribution in [0, 0.1) is 0 Å². The number of sulfone groups is 1. The number of nitrogens with one attached hydrogen (secondary N) is 2. The smallest absolute Gasteiger partial charge is 0.269 e. The Kier molecular flexibility index (Phi) is 6.40. The second-order valence-corrected chi connectivity index (χ2v) is 8.94. The Balaban J connectivity index is 1.51. The molecule has 2 saturated heterocycles. The predicted molar refractivity (Wildman–Crippen MR) is 98.4 cm³/mol. The molecule has 0 saturated carbocycles. The largest absolute Gasteiger partial charge is 0.379 e. The molecule has 148 valence electrons. The topological polar surface area (TPSA) is 118 Å². The first-order valence-corrected chi connectivity index (χ1v) is 10.8. The lowest BCUT2D eigenvalue weighted by atomic mass is 10.2. The van der Waals surface area contributed by atoms with E-state index in [-0.39, 0.29) is 34.7 Å². The molecule has 27 heavy (non-hydrogen) atoms. The van der Waals surface area contributed by atoms with E-state index in [4.69, 9.17) is 4.74 Å². The number of rotatable bonds is 6. The first kappa shape index (κ1) is 19.7. The zero-order valence-electron chi connectivity index (χ0n) is 15.0. The van der Waals surface area contributed by atoms with Crippen molar-refractivity contribution < 1.29 is 22.7 Å². The molecule has 1 aromatic heterocycles. The number of carbonyl (C=O) groups is 2. The van der Waals surface area contributed by atoms with Crippen molar-refractivity contribution in [3.05, 3.63) is 29.6 Å². The number of amides is 2. The van der Waals surface area contributed by atoms with Gasteiger partial charge in [-0.1, -0.05) is 0 Å². The maximum atomic E-state index is 12.3. The summed E-state index contributed by atoms with van der Waals surface area (Å²) >= 11 is 0. The van der Waals surface area contributed by atoms with Crippen LogP contribution in [-0.4, -0.2) is 87.1 Å². The van der Waals surface area contributed by atoms with Crippen LogP contribution in [0.4, 0.5) is 0 Å². The second-order valence-electron chi connectivity index (χ2n) is 6.71. The van der Waals surface area contributed by atoms with Crippen LogP contribution in [0.15, 0.2) is 18.3 Å². The SMILES string of the molecule is O=C(NC1CCS(=O)(=O)C1)c1ccnc(C(=O)NCCN2CCOCC2)c1. The molecule has 2 fully saturated rings. The molecule has 0 radical (unpaired) electrons. The van der Waals surface area contributed by atoms with Gasteiger partial charge >= 0.3 is 0 Å². The second kappa shape index (κ2) is 8.77. The van der Waals surface area contributed by atoms with Crippen molar-refractivity contribution in [3.8, 4) is 0 Å². The predicted octanol–water partition coefficient (Wildman–Crippen LogP) is -0.939. The molecule has 0 aromatic carbocycles. The third-order valence-electron chi connectivity index (χ3n) is 4.64. The Hall–Kier alpha value is -2.04. The Morgan fingerprint density at radius 1 is 1.26 bits per heavy atom. The van der Waals surface area contributed by atoms with Gasteiger partial charge in [-0.05, 0) is 18.6 Å². The van der Waals surface area contributed by atoms with Crippen LogP contribution in [0.5, 0.6) is 0 Å². The third-order valence-corrected chi connectivity index (χ3v) is 6.41. The van der Waals surface area contributed by atoms with E-state index in [2.05, 4.69) is 20.5 Å². The lowest BCUT2D eigenvalue weighted by molar-refractivity contribution is 0.0383. The van der Waals surface area contributed by atoms with Gasteiger partial charge in [-0.2, -0.15) is 0 Å². The van der Waals surface area contributed by atoms with Gasteiger partial charge in [0.1, 0.15) is 5.69 Å². The highest BCUT2D eigenvalue weighted by Gasteiger charge is 2.29. The van der Waals surface area contributed by atoms with Crippen LogP contribution in [0.3, 0.4) is 0 Å². The highest BCUT2D eigenvalue weighted by atomic mass is 32.2. The maximum Gasteiger partial charge on any atom is 0.269 e. The van der Waals surface area contributed by atoms with Crippen LogP contribution < -0.4 is 10.6 Å². The van der Waals surface area contributed by atoms with Crippen molar-refractivity contribution in [1.82, 2.24) is 20.5 Å². The number of hydrogen-bond donors (Lipinski definition) is 2. The summed E-state index contributed by atoms with van der Waals surface area (Å²) in [5, 5.41) is 5.51. The van der Waals surface area contributed by atoms with Gasteiger partial charge in [0.25, 0.3) is 11.8 Å². The molecule has 2 aliphatic heterocycles. The van der Waals surface area contributed by atoms with E-state index < -0.39 is 15.7 Å². The standard InChI is InChI=1S/C17H24N4O5S/c22-16(20-14-2-10-27(24,25)12-14)13-1-3-18-15(11-13)17(23)19-4-5-21-6-8-26-9-7-21/h1,3,11,14H,2,4-10,12H2,(H,19,23)(H,20,22). The van der Waals surface area contributed by atoms with Crippen LogP contribution in [0.2, 0.25) is 0 Å². The minimum absolute atomic E-state index is 0.0429. The summed E-state index contributed by atoms with van der Waals surface area (Å²) < 4.78 is 28.3. The van der Waals surface area contributed by atoms with Crippen LogP contribution in [0.1, 0.15) is 27.3 Å². The molecule has 9 nitrogen and oxygen atoms in total. The molecule has 2 amide bonds. The monoisotopic (exact) mass is 396 g/mol. The summed E-state index contributed by atoms with van der Waals surface area (Å²) in [6, 6.07) is 2.54. The van der Waals surface area contributed by atoms with E-state index in [9.17, 15) is 18.0 Å². The first-order chi connectivity index (χ1) is 12.9. The van der Waals surface area contributed by atoms with Crippen molar-refractivity contribution in [2.75, 3.05) is 50.9 Å². The fourth-order valence-corrected chi connectivity index (χ4v) is 4.79. The molecule has 0 spiro atoms. The quantitative estimate of drug-likeness (QED) is 0.637. The van der Waals surface area contributed by atoms with E-state index in [1.165, 1.54) is 18.3 Å². The number of pyridine rings is 1. The molecule has 1 aromatic rings. The average Bonchev–Trinajstić information content (AvgIpc) is 3.01. The molecule has 1 atom stereocenters. The Labute approximate surface area is 158 Å². The van der Waals surface area contributed by atoms with E-state index in [1.54, 1.807) is 0 Å². The maximum absolute atomic E-state index is 12.3. The highest BCUT2D eigenvalue weighted by Crippen LogP contribution is 2.12. The Morgan fingerprint density at radius 3 is 2.74 bits per heavy atom. The van der Waals surface area contributed by atoms with Crippen molar-refractivity contribution in [2.24, 2.45) is 0 Å². The summed E-state index contributed by atoms with van der Waals surface area (Å²) in [7, 11) is -3.07. The van der Waals surface area contributed by atoms with Gasteiger partial charge in [-0.15, -0.1) is 0 Å². The molecular formula is C17H24N4O5S. The molecule has 3 heterocycles. The van der Waals surface area contributed by atoms with Gasteiger partial charge in [0.2, 0.25) is 0 Å². The normalized spacial score (nSPS) is 22.3. The zero-order chi connectivity index (χ0) is 19.3. The molecule has 0 aliphatic carbocycles. The van der Waals surface area contributed by atoms with Gasteiger partial charge in [-0.3, -0.25) is 19.5 Å². The number of ether oxygens (including phenoxy) is 1. The molecule has 2 N–H and O–H groups in total. The number of nitrogens with zero attached hydrogens (tertiary/aromatic N) is 2. The minimum Gasteiger partial charge on any atom is -0.379 e. The molecule has 0 bridgehead atoms. The fourth-order valence-electron chi connectivity index (χ4n) is 3.12. The van der Waals surface area contributed by atoms with Crippen molar-refractivity contribution in [2.45, 2.75) is 12.5 Å². The fraction of sp³-hybridized carbons (Fsp3) is 0.588. The zero-order valence-corrected chi connectivity index (χ0v) is 15.8. The summed E-state index contributed by atoms with van der Waals surface area (Å²) in [6.07, 6.45) is 1.81. The van der Waals surface area contributed by atoms with E-state index in [0.29, 0.717) is 26.2 Å². The molecule has 1 unspecified atom stereocenters. The van der Waals surface area contributed by atoms with E-state index >= 15 is 0 Å². The number of morpholine rings is 1. The van der Waals surface area contributed by atoms with Gasteiger partial charge in [0.15, 0.2) is 9.84 Å². The third kappa shape index (κ3) is 5.72. The first-order valence-electron chi connectivity index (χ1n) is 8.98. The van der Waals surface area contributed by atoms with Crippen LogP contribution in [0.25, 0.3) is 0 Å². The van der Waals surface area contributed by atoms with E-state index in [1.807, 2.05) is 0 Å². The summed E-state index contributed by atoms with van der Waals surface area (Å²) in [5.74, 6) is -0.702. The number of hydrogen-bond acceptors (Lipinski definition) is 7. The van der Waals surface area contributed by atoms with Crippen molar-refractivity contribution in [3.63, 3.8) is 0 Å².